The second-order valence-electron chi connectivity index (χ2n) is 16.1. The molecule has 48 heavy (non-hydrogen) atoms. The van der Waals surface area contributed by atoms with Gasteiger partial charge in [0.15, 0.2) is 0 Å². The van der Waals surface area contributed by atoms with Crippen molar-refractivity contribution in [3.05, 3.63) is 51.6 Å². The zero-order valence-corrected chi connectivity index (χ0v) is 32.3. The first-order valence-electron chi connectivity index (χ1n) is 18.9. The number of benzene rings is 2. The molecule has 2 aromatic carbocycles. The fourth-order valence-corrected chi connectivity index (χ4v) is 7.16. The van der Waals surface area contributed by atoms with E-state index >= 15 is 0 Å². The molecule has 0 amide bonds. The maximum atomic E-state index is 13.0. The van der Waals surface area contributed by atoms with Crippen molar-refractivity contribution in [1.82, 2.24) is 0 Å². The van der Waals surface area contributed by atoms with Crippen molar-refractivity contribution in [2.75, 3.05) is 0 Å². The minimum Gasteiger partial charge on any atom is -0.487 e. The fraction of sp³-hybridized carbons (Fsp3) is 0.674. The SMILES string of the molecule is Cc1ccc(C(C)C)c(OC(=O)CCC(=O)Oc2c(C)c(C)c3c(c2C)CC[C@@](C)(CCC[C@H](C)CCC[C@H](C)CCCC(C)C)O3)c1. The number of rotatable bonds is 18. The van der Waals surface area contributed by atoms with Crippen LogP contribution in [0.4, 0.5) is 0 Å². The predicted molar refractivity (Wildman–Crippen MR) is 198 cm³/mol. The second kappa shape index (κ2) is 18.3. The number of hydrogen-bond donors (Lipinski definition) is 0. The first kappa shape index (κ1) is 39.6. The van der Waals surface area contributed by atoms with Gasteiger partial charge >= 0.3 is 11.9 Å². The Balaban J connectivity index is 1.51. The third kappa shape index (κ3) is 11.7. The maximum absolute atomic E-state index is 13.0. The van der Waals surface area contributed by atoms with E-state index in [0.717, 1.165) is 76.1 Å². The molecule has 0 radical (unpaired) electrons. The lowest BCUT2D eigenvalue weighted by molar-refractivity contribution is -0.140. The Labute approximate surface area is 292 Å². The first-order valence-corrected chi connectivity index (χ1v) is 18.9. The molecule has 0 bridgehead atoms. The summed E-state index contributed by atoms with van der Waals surface area (Å²) in [5.74, 6) is 3.89. The molecule has 268 valence electrons. The second-order valence-corrected chi connectivity index (χ2v) is 16.1. The van der Waals surface area contributed by atoms with Gasteiger partial charge in [0.2, 0.25) is 0 Å². The van der Waals surface area contributed by atoms with Gasteiger partial charge in [0, 0.05) is 5.56 Å². The molecule has 1 aliphatic heterocycles. The van der Waals surface area contributed by atoms with Crippen LogP contribution < -0.4 is 14.2 Å². The Bertz CT molecular complexity index is 1370. The van der Waals surface area contributed by atoms with Crippen LogP contribution in [0.25, 0.3) is 0 Å². The van der Waals surface area contributed by atoms with E-state index in [1.807, 2.05) is 39.0 Å². The molecule has 0 N–H and O–H groups in total. The highest BCUT2D eigenvalue weighted by molar-refractivity contribution is 5.81. The van der Waals surface area contributed by atoms with Crippen molar-refractivity contribution in [2.24, 2.45) is 17.8 Å². The molecule has 2 aromatic rings. The highest BCUT2D eigenvalue weighted by Crippen LogP contribution is 2.45. The summed E-state index contributed by atoms with van der Waals surface area (Å²) in [6.07, 6.45) is 13.3. The van der Waals surface area contributed by atoms with Gasteiger partial charge in [-0.15, -0.1) is 0 Å². The van der Waals surface area contributed by atoms with Crippen LogP contribution in [0.5, 0.6) is 17.2 Å². The fourth-order valence-electron chi connectivity index (χ4n) is 7.16. The molecule has 5 heteroatoms. The topological polar surface area (TPSA) is 61.8 Å². The highest BCUT2D eigenvalue weighted by Gasteiger charge is 2.35. The number of carbonyl (C=O) groups is 2. The molecule has 1 aliphatic rings. The predicted octanol–water partition coefficient (Wildman–Crippen LogP) is 11.9. The molecule has 3 atom stereocenters. The van der Waals surface area contributed by atoms with Gasteiger partial charge in [-0.3, -0.25) is 9.59 Å². The molecule has 0 fully saturated rings. The maximum Gasteiger partial charge on any atom is 0.311 e. The van der Waals surface area contributed by atoms with E-state index in [2.05, 4.69) is 55.4 Å². The van der Waals surface area contributed by atoms with Crippen molar-refractivity contribution < 1.29 is 23.8 Å². The Kier molecular flexibility index (Phi) is 15.1. The van der Waals surface area contributed by atoms with Crippen molar-refractivity contribution in [3.8, 4) is 17.2 Å². The third-order valence-corrected chi connectivity index (χ3v) is 10.6. The van der Waals surface area contributed by atoms with Crippen LogP contribution in [0.2, 0.25) is 0 Å². The summed E-state index contributed by atoms with van der Waals surface area (Å²) in [7, 11) is 0. The smallest absolute Gasteiger partial charge is 0.311 e. The quantitative estimate of drug-likeness (QED) is 0.117. The number of fused-ring (bicyclic) bond motifs is 1. The molecule has 0 spiro atoms. The third-order valence-electron chi connectivity index (χ3n) is 10.6. The highest BCUT2D eigenvalue weighted by atomic mass is 16.5. The number of aryl methyl sites for hydroxylation is 1. The van der Waals surface area contributed by atoms with Gasteiger partial charge in [-0.05, 0) is 118 Å². The van der Waals surface area contributed by atoms with Gasteiger partial charge in [-0.2, -0.15) is 0 Å². The number of esters is 2. The summed E-state index contributed by atoms with van der Waals surface area (Å²) < 4.78 is 18.4. The van der Waals surface area contributed by atoms with Gasteiger partial charge < -0.3 is 14.2 Å². The zero-order valence-electron chi connectivity index (χ0n) is 32.3. The van der Waals surface area contributed by atoms with E-state index in [9.17, 15) is 9.59 Å². The van der Waals surface area contributed by atoms with Crippen molar-refractivity contribution in [1.29, 1.82) is 0 Å². The largest absolute Gasteiger partial charge is 0.487 e. The molecule has 3 rings (SSSR count). The molecular formula is C43H66O5. The number of hydrogen-bond acceptors (Lipinski definition) is 5. The average molecular weight is 663 g/mol. The number of ether oxygens (including phenoxy) is 3. The van der Waals surface area contributed by atoms with Gasteiger partial charge in [0.05, 0.1) is 12.8 Å². The molecule has 0 aromatic heterocycles. The van der Waals surface area contributed by atoms with Crippen molar-refractivity contribution in [3.63, 3.8) is 0 Å². The van der Waals surface area contributed by atoms with Gasteiger partial charge in [-0.1, -0.05) is 98.6 Å². The van der Waals surface area contributed by atoms with Crippen LogP contribution >= 0.6 is 0 Å². The minimum atomic E-state index is -0.432. The van der Waals surface area contributed by atoms with E-state index in [0.29, 0.717) is 11.5 Å². The van der Waals surface area contributed by atoms with Crippen molar-refractivity contribution >= 4 is 11.9 Å². The average Bonchev–Trinajstić information content (AvgIpc) is 3.00. The standard InChI is InChI=1S/C43H66O5/c1-28(2)15-12-16-30(5)17-13-18-31(6)19-14-25-43(11)26-24-37-35(10)41(33(8)34(9)42(37)48-43)47-40(45)23-22-39(44)46-38-27-32(7)20-21-36(38)29(3)4/h20-21,27-31H,12-19,22-26H2,1-11H3/t30-,31-,43-/m1/s1. The van der Waals surface area contributed by atoms with E-state index in [1.165, 1.54) is 51.4 Å². The molecule has 1 heterocycles. The lowest BCUT2D eigenvalue weighted by Crippen LogP contribution is -2.37. The summed E-state index contributed by atoms with van der Waals surface area (Å²) in [5.41, 5.74) is 5.84. The molecule has 5 nitrogen and oxygen atoms in total. The van der Waals surface area contributed by atoms with Crippen LogP contribution in [0.1, 0.15) is 165 Å². The molecule has 0 saturated heterocycles. The summed E-state index contributed by atoms with van der Waals surface area (Å²) >= 11 is 0. The van der Waals surface area contributed by atoms with Crippen LogP contribution in [0, 0.1) is 45.4 Å². The molecule has 0 saturated carbocycles. The summed E-state index contributed by atoms with van der Waals surface area (Å²) in [6.45, 7) is 23.9. The van der Waals surface area contributed by atoms with Crippen LogP contribution in [-0.4, -0.2) is 17.5 Å². The van der Waals surface area contributed by atoms with Gasteiger partial charge in [-0.25, -0.2) is 0 Å². The Morgan fingerprint density at radius 2 is 1.35 bits per heavy atom. The Morgan fingerprint density at radius 1 is 0.771 bits per heavy atom. The number of carbonyl (C=O) groups excluding carboxylic acids is 2. The Morgan fingerprint density at radius 3 is 1.96 bits per heavy atom. The van der Waals surface area contributed by atoms with Crippen LogP contribution in [0.3, 0.4) is 0 Å². The molecule has 0 unspecified atom stereocenters. The van der Waals surface area contributed by atoms with Crippen molar-refractivity contribution in [2.45, 2.75) is 171 Å². The van der Waals surface area contributed by atoms with E-state index in [4.69, 9.17) is 14.2 Å². The summed E-state index contributed by atoms with van der Waals surface area (Å²) in [6, 6.07) is 5.88. The van der Waals surface area contributed by atoms with Gasteiger partial charge in [0.1, 0.15) is 22.8 Å². The van der Waals surface area contributed by atoms with E-state index in [1.54, 1.807) is 0 Å². The van der Waals surface area contributed by atoms with E-state index in [-0.39, 0.29) is 24.4 Å². The zero-order chi connectivity index (χ0) is 35.6. The summed E-state index contributed by atoms with van der Waals surface area (Å²) in [5, 5.41) is 0. The van der Waals surface area contributed by atoms with E-state index < -0.39 is 11.9 Å². The van der Waals surface area contributed by atoms with Crippen LogP contribution in [-0.2, 0) is 16.0 Å². The Hall–Kier alpha value is -2.82. The lowest BCUT2D eigenvalue weighted by atomic mass is 9.83. The van der Waals surface area contributed by atoms with Gasteiger partial charge in [0.25, 0.3) is 0 Å². The normalized spacial score (nSPS) is 17.2. The minimum absolute atomic E-state index is 0.0377. The lowest BCUT2D eigenvalue weighted by Gasteiger charge is -2.38. The first-order chi connectivity index (χ1) is 22.6. The summed E-state index contributed by atoms with van der Waals surface area (Å²) in [4.78, 5) is 25.6. The molecular weight excluding hydrogens is 596 g/mol. The monoisotopic (exact) mass is 662 g/mol. The van der Waals surface area contributed by atoms with Crippen LogP contribution in [0.15, 0.2) is 18.2 Å². The molecule has 0 aliphatic carbocycles.